The van der Waals surface area contributed by atoms with Crippen molar-refractivity contribution in [2.75, 3.05) is 18.0 Å². The first kappa shape index (κ1) is 15.8. The summed E-state index contributed by atoms with van der Waals surface area (Å²) in [7, 11) is 0. The molecule has 0 saturated carbocycles. The van der Waals surface area contributed by atoms with Crippen molar-refractivity contribution in [1.29, 1.82) is 0 Å². The van der Waals surface area contributed by atoms with E-state index in [0.717, 1.165) is 54.2 Å². The number of anilines is 1. The Balaban J connectivity index is 1.68. The highest BCUT2D eigenvalue weighted by Crippen LogP contribution is 2.34. The van der Waals surface area contributed by atoms with Gasteiger partial charge in [-0.25, -0.2) is 14.6 Å². The van der Waals surface area contributed by atoms with Gasteiger partial charge in [0.25, 0.3) is 0 Å². The standard InChI is InChI=1S/C20H23N5O/c1-13(2)25-20-17(10-21-25)19(24-11-15-8-9-16(12-24)26-15)22-18(23-20)14-6-4-3-5-7-14/h3-7,10,13,15-16H,8-9,11-12H2,1-2H3. The average molecular weight is 349 g/mol. The zero-order valence-corrected chi connectivity index (χ0v) is 15.2. The molecule has 1 aromatic carbocycles. The Labute approximate surface area is 152 Å². The molecule has 0 N–H and O–H groups in total. The molecule has 2 aromatic heterocycles. The number of hydrogen-bond acceptors (Lipinski definition) is 5. The van der Waals surface area contributed by atoms with Gasteiger partial charge >= 0.3 is 0 Å². The predicted octanol–water partition coefficient (Wildman–Crippen LogP) is 3.44. The molecule has 2 bridgehead atoms. The van der Waals surface area contributed by atoms with Crippen molar-refractivity contribution in [3.63, 3.8) is 0 Å². The number of aromatic nitrogens is 4. The van der Waals surface area contributed by atoms with Gasteiger partial charge < -0.3 is 9.64 Å². The number of benzene rings is 1. The van der Waals surface area contributed by atoms with E-state index < -0.39 is 0 Å². The van der Waals surface area contributed by atoms with Gasteiger partial charge in [0.1, 0.15) is 5.82 Å². The van der Waals surface area contributed by atoms with E-state index in [2.05, 4.69) is 36.0 Å². The highest BCUT2D eigenvalue weighted by Gasteiger charge is 2.35. The van der Waals surface area contributed by atoms with Crippen LogP contribution in [0.3, 0.4) is 0 Å². The second-order valence-electron chi connectivity index (χ2n) is 7.52. The molecule has 6 heteroatoms. The summed E-state index contributed by atoms with van der Waals surface area (Å²) in [6, 6.07) is 10.4. The number of ether oxygens (including phenoxy) is 1. The lowest BCUT2D eigenvalue weighted by molar-refractivity contribution is 0.0303. The molecule has 0 radical (unpaired) electrons. The summed E-state index contributed by atoms with van der Waals surface area (Å²) in [5, 5.41) is 5.62. The van der Waals surface area contributed by atoms with Gasteiger partial charge in [0.2, 0.25) is 0 Å². The number of hydrogen-bond donors (Lipinski definition) is 0. The zero-order chi connectivity index (χ0) is 17.7. The fourth-order valence-corrected chi connectivity index (χ4v) is 4.03. The fourth-order valence-electron chi connectivity index (χ4n) is 4.03. The molecule has 4 heterocycles. The third-order valence-electron chi connectivity index (χ3n) is 5.30. The number of morpholine rings is 1. The van der Waals surface area contributed by atoms with Crippen LogP contribution in [0, 0.1) is 0 Å². The zero-order valence-electron chi connectivity index (χ0n) is 15.2. The molecular weight excluding hydrogens is 326 g/mol. The molecule has 0 spiro atoms. The Morgan fingerprint density at radius 1 is 1.04 bits per heavy atom. The normalized spacial score (nSPS) is 22.5. The van der Waals surface area contributed by atoms with Crippen LogP contribution in [0.25, 0.3) is 22.4 Å². The van der Waals surface area contributed by atoms with E-state index in [1.807, 2.05) is 29.1 Å². The number of fused-ring (bicyclic) bond motifs is 3. The molecule has 0 amide bonds. The first-order valence-electron chi connectivity index (χ1n) is 9.40. The van der Waals surface area contributed by atoms with E-state index in [9.17, 15) is 0 Å². The molecule has 2 atom stereocenters. The van der Waals surface area contributed by atoms with Crippen molar-refractivity contribution < 1.29 is 4.74 Å². The van der Waals surface area contributed by atoms with Crippen LogP contribution in [0.2, 0.25) is 0 Å². The van der Waals surface area contributed by atoms with Crippen LogP contribution in [0.5, 0.6) is 0 Å². The van der Waals surface area contributed by atoms with E-state index >= 15 is 0 Å². The maximum Gasteiger partial charge on any atom is 0.164 e. The summed E-state index contributed by atoms with van der Waals surface area (Å²) >= 11 is 0. The van der Waals surface area contributed by atoms with Gasteiger partial charge in [-0.05, 0) is 26.7 Å². The molecule has 6 nitrogen and oxygen atoms in total. The van der Waals surface area contributed by atoms with Crippen LogP contribution in [0.1, 0.15) is 32.7 Å². The van der Waals surface area contributed by atoms with Crippen LogP contribution < -0.4 is 4.90 Å². The molecule has 2 unspecified atom stereocenters. The Bertz CT molecular complexity index is 924. The van der Waals surface area contributed by atoms with Gasteiger partial charge in [-0.2, -0.15) is 5.10 Å². The lowest BCUT2D eigenvalue weighted by atomic mass is 10.2. The van der Waals surface area contributed by atoms with Crippen molar-refractivity contribution in [2.24, 2.45) is 0 Å². The van der Waals surface area contributed by atoms with E-state index in [-0.39, 0.29) is 6.04 Å². The number of rotatable bonds is 3. The van der Waals surface area contributed by atoms with Crippen LogP contribution in [0.15, 0.2) is 36.5 Å². The van der Waals surface area contributed by atoms with Crippen molar-refractivity contribution in [3.8, 4) is 11.4 Å². The summed E-state index contributed by atoms with van der Waals surface area (Å²) in [6.45, 7) is 6.05. The SMILES string of the molecule is CC(C)n1ncc2c(N3CC4CCC(C3)O4)nc(-c3ccccc3)nc21. The topological polar surface area (TPSA) is 56.1 Å². The Kier molecular flexibility index (Phi) is 3.67. The second kappa shape index (κ2) is 6.06. The van der Waals surface area contributed by atoms with Gasteiger partial charge in [-0.15, -0.1) is 0 Å². The molecule has 134 valence electrons. The molecule has 0 aliphatic carbocycles. The van der Waals surface area contributed by atoms with E-state index in [1.165, 1.54) is 0 Å². The lowest BCUT2D eigenvalue weighted by Crippen LogP contribution is -2.43. The smallest absolute Gasteiger partial charge is 0.164 e. The third-order valence-corrected chi connectivity index (χ3v) is 5.30. The first-order chi connectivity index (χ1) is 12.7. The fraction of sp³-hybridized carbons (Fsp3) is 0.450. The third kappa shape index (κ3) is 2.56. The highest BCUT2D eigenvalue weighted by molar-refractivity contribution is 5.89. The monoisotopic (exact) mass is 349 g/mol. The van der Waals surface area contributed by atoms with Crippen molar-refractivity contribution in [3.05, 3.63) is 36.5 Å². The summed E-state index contributed by atoms with van der Waals surface area (Å²) in [5.41, 5.74) is 1.94. The Hall–Kier alpha value is -2.47. The van der Waals surface area contributed by atoms with E-state index in [4.69, 9.17) is 14.7 Å². The van der Waals surface area contributed by atoms with Gasteiger partial charge in [0, 0.05) is 24.7 Å². The molecule has 3 aromatic rings. The van der Waals surface area contributed by atoms with Gasteiger partial charge in [-0.3, -0.25) is 0 Å². The molecule has 26 heavy (non-hydrogen) atoms. The van der Waals surface area contributed by atoms with Crippen molar-refractivity contribution >= 4 is 16.9 Å². The molecule has 2 saturated heterocycles. The predicted molar refractivity (Wildman–Crippen MR) is 101 cm³/mol. The second-order valence-corrected chi connectivity index (χ2v) is 7.52. The van der Waals surface area contributed by atoms with Gasteiger partial charge in [-0.1, -0.05) is 30.3 Å². The summed E-state index contributed by atoms with van der Waals surface area (Å²) in [5.74, 6) is 1.75. The largest absolute Gasteiger partial charge is 0.371 e. The van der Waals surface area contributed by atoms with Crippen molar-refractivity contribution in [2.45, 2.75) is 44.9 Å². The summed E-state index contributed by atoms with van der Waals surface area (Å²) < 4.78 is 8.00. The number of nitrogens with zero attached hydrogens (tertiary/aromatic N) is 5. The van der Waals surface area contributed by atoms with Gasteiger partial charge in [0.15, 0.2) is 11.5 Å². The Morgan fingerprint density at radius 3 is 2.46 bits per heavy atom. The minimum atomic E-state index is 0.250. The minimum absolute atomic E-state index is 0.250. The van der Waals surface area contributed by atoms with Crippen LogP contribution >= 0.6 is 0 Å². The quantitative estimate of drug-likeness (QED) is 0.725. The van der Waals surface area contributed by atoms with Crippen LogP contribution in [0.4, 0.5) is 5.82 Å². The average Bonchev–Trinajstić information content (AvgIpc) is 3.24. The lowest BCUT2D eigenvalue weighted by Gasteiger charge is -2.33. The molecule has 5 rings (SSSR count). The minimum Gasteiger partial charge on any atom is -0.371 e. The highest BCUT2D eigenvalue weighted by atomic mass is 16.5. The van der Waals surface area contributed by atoms with E-state index in [1.54, 1.807) is 0 Å². The first-order valence-corrected chi connectivity index (χ1v) is 9.40. The van der Waals surface area contributed by atoms with Crippen LogP contribution in [-0.2, 0) is 4.74 Å². The summed E-state index contributed by atoms with van der Waals surface area (Å²) in [4.78, 5) is 12.2. The maximum absolute atomic E-state index is 6.01. The molecule has 2 aliphatic heterocycles. The van der Waals surface area contributed by atoms with Crippen LogP contribution in [-0.4, -0.2) is 45.0 Å². The van der Waals surface area contributed by atoms with E-state index in [0.29, 0.717) is 12.2 Å². The Morgan fingerprint density at radius 2 is 1.77 bits per heavy atom. The molecule has 2 aliphatic rings. The molecule has 2 fully saturated rings. The summed E-state index contributed by atoms with van der Waals surface area (Å²) in [6.07, 6.45) is 4.84. The maximum atomic E-state index is 6.01. The van der Waals surface area contributed by atoms with Gasteiger partial charge in [0.05, 0.1) is 23.8 Å². The molecular formula is C20H23N5O. The van der Waals surface area contributed by atoms with Crippen molar-refractivity contribution in [1.82, 2.24) is 19.7 Å².